The first-order chi connectivity index (χ1) is 7.13. The lowest BCUT2D eigenvalue weighted by Gasteiger charge is -2.02. The molecule has 0 spiro atoms. The van der Waals surface area contributed by atoms with Crippen molar-refractivity contribution in [3.05, 3.63) is 29.3 Å². The zero-order chi connectivity index (χ0) is 11.3. The average molecular weight is 207 g/mol. The summed E-state index contributed by atoms with van der Waals surface area (Å²) in [6.45, 7) is 0. The minimum absolute atomic E-state index is 0.0908. The molecule has 80 valence electrons. The van der Waals surface area contributed by atoms with Crippen molar-refractivity contribution in [2.75, 3.05) is 7.05 Å². The summed E-state index contributed by atoms with van der Waals surface area (Å²) >= 11 is 0. The molecule has 15 heavy (non-hydrogen) atoms. The number of carbonyl (C=O) groups is 1. The Bertz CT molecular complexity index is 385. The number of phenolic OH excluding ortho intramolecular Hbond substituents is 1. The third kappa shape index (κ3) is 3.42. The molecule has 0 aliphatic heterocycles. The summed E-state index contributed by atoms with van der Waals surface area (Å²) in [5.74, 6) is -0.673. The lowest BCUT2D eigenvalue weighted by molar-refractivity contribution is -0.136. The fourth-order valence-corrected chi connectivity index (χ4v) is 1.25. The van der Waals surface area contributed by atoms with Crippen LogP contribution in [-0.4, -0.2) is 29.4 Å². The van der Waals surface area contributed by atoms with Gasteiger partial charge >= 0.3 is 5.97 Å². The molecule has 0 aromatic heterocycles. The highest BCUT2D eigenvalue weighted by atomic mass is 16.4. The van der Waals surface area contributed by atoms with Gasteiger partial charge in [-0.3, -0.25) is 9.79 Å². The average Bonchev–Trinajstić information content (AvgIpc) is 2.19. The fraction of sp³-hybridized carbons (Fsp3) is 0.273. The Hall–Kier alpha value is -1.84. The van der Waals surface area contributed by atoms with Gasteiger partial charge in [0.2, 0.25) is 0 Å². The van der Waals surface area contributed by atoms with Crippen LogP contribution in [0.3, 0.4) is 0 Å². The Labute approximate surface area is 87.9 Å². The number of aliphatic imine (C=N–C) groups is 1. The smallest absolute Gasteiger partial charge is 0.303 e. The molecule has 0 radical (unpaired) electrons. The Balaban J connectivity index is 2.82. The van der Waals surface area contributed by atoms with Crippen LogP contribution in [0, 0.1) is 0 Å². The van der Waals surface area contributed by atoms with E-state index in [1.807, 2.05) is 0 Å². The molecule has 0 bridgehead atoms. The van der Waals surface area contributed by atoms with Crippen LogP contribution in [0.15, 0.2) is 23.2 Å². The number of hydrogen-bond acceptors (Lipinski definition) is 3. The normalized spacial score (nSPS) is 10.7. The number of aryl methyl sites for hydroxylation is 1. The van der Waals surface area contributed by atoms with Gasteiger partial charge in [-0.05, 0) is 24.1 Å². The largest absolute Gasteiger partial charge is 0.507 e. The quantitative estimate of drug-likeness (QED) is 0.734. The highest BCUT2D eigenvalue weighted by Crippen LogP contribution is 2.17. The first-order valence-corrected chi connectivity index (χ1v) is 4.59. The summed E-state index contributed by atoms with van der Waals surface area (Å²) in [4.78, 5) is 14.2. The van der Waals surface area contributed by atoms with Crippen molar-refractivity contribution >= 4 is 12.2 Å². The maximum Gasteiger partial charge on any atom is 0.303 e. The SMILES string of the molecule is CN=Cc1cc(CCC(=O)O)ccc1O. The third-order valence-corrected chi connectivity index (χ3v) is 1.99. The van der Waals surface area contributed by atoms with E-state index in [0.717, 1.165) is 5.56 Å². The highest BCUT2D eigenvalue weighted by molar-refractivity contribution is 5.83. The van der Waals surface area contributed by atoms with E-state index in [1.54, 1.807) is 31.5 Å². The van der Waals surface area contributed by atoms with Gasteiger partial charge in [-0.15, -0.1) is 0 Å². The molecule has 0 saturated heterocycles. The number of hydrogen-bond donors (Lipinski definition) is 2. The Morgan fingerprint density at radius 3 is 2.87 bits per heavy atom. The predicted molar refractivity (Wildman–Crippen MR) is 57.6 cm³/mol. The van der Waals surface area contributed by atoms with Gasteiger partial charge in [-0.25, -0.2) is 0 Å². The second-order valence-electron chi connectivity index (χ2n) is 3.17. The summed E-state index contributed by atoms with van der Waals surface area (Å²) in [5.41, 5.74) is 1.49. The van der Waals surface area contributed by atoms with Crippen LogP contribution >= 0.6 is 0 Å². The maximum absolute atomic E-state index is 10.4. The molecule has 0 atom stereocenters. The van der Waals surface area contributed by atoms with Crippen LogP contribution in [0.5, 0.6) is 5.75 Å². The molecule has 0 heterocycles. The lowest BCUT2D eigenvalue weighted by atomic mass is 10.1. The second-order valence-corrected chi connectivity index (χ2v) is 3.17. The van der Waals surface area contributed by atoms with E-state index in [1.165, 1.54) is 0 Å². The molecular weight excluding hydrogens is 194 g/mol. The number of phenols is 1. The van der Waals surface area contributed by atoms with E-state index < -0.39 is 5.97 Å². The molecule has 0 saturated carbocycles. The summed E-state index contributed by atoms with van der Waals surface area (Å²) in [5, 5.41) is 18.0. The summed E-state index contributed by atoms with van der Waals surface area (Å²) in [7, 11) is 1.61. The first kappa shape index (κ1) is 11.2. The molecule has 1 aromatic rings. The number of benzene rings is 1. The number of nitrogens with zero attached hydrogens (tertiary/aromatic N) is 1. The van der Waals surface area contributed by atoms with Crippen LogP contribution in [0.4, 0.5) is 0 Å². The molecule has 1 rings (SSSR count). The fourth-order valence-electron chi connectivity index (χ4n) is 1.25. The molecule has 0 unspecified atom stereocenters. The van der Waals surface area contributed by atoms with Gasteiger partial charge in [-0.2, -0.15) is 0 Å². The summed E-state index contributed by atoms with van der Waals surface area (Å²) in [6.07, 6.45) is 2.09. The van der Waals surface area contributed by atoms with Crippen molar-refractivity contribution in [1.29, 1.82) is 0 Å². The van der Waals surface area contributed by atoms with Crippen molar-refractivity contribution in [2.24, 2.45) is 4.99 Å². The van der Waals surface area contributed by atoms with Crippen LogP contribution in [0.1, 0.15) is 17.5 Å². The highest BCUT2D eigenvalue weighted by Gasteiger charge is 2.02. The van der Waals surface area contributed by atoms with E-state index in [4.69, 9.17) is 5.11 Å². The van der Waals surface area contributed by atoms with Gasteiger partial charge in [0, 0.05) is 25.2 Å². The van der Waals surface area contributed by atoms with Crippen LogP contribution < -0.4 is 0 Å². The van der Waals surface area contributed by atoms with Crippen LogP contribution in [0.25, 0.3) is 0 Å². The van der Waals surface area contributed by atoms with Gasteiger partial charge in [0.05, 0.1) is 0 Å². The summed E-state index contributed by atoms with van der Waals surface area (Å²) < 4.78 is 0. The molecule has 4 heteroatoms. The van der Waals surface area contributed by atoms with Crippen molar-refractivity contribution in [3.8, 4) is 5.75 Å². The number of aliphatic carboxylic acids is 1. The monoisotopic (exact) mass is 207 g/mol. The van der Waals surface area contributed by atoms with Crippen molar-refractivity contribution < 1.29 is 15.0 Å². The minimum atomic E-state index is -0.825. The van der Waals surface area contributed by atoms with Crippen LogP contribution in [-0.2, 0) is 11.2 Å². The molecular formula is C11H13NO3. The van der Waals surface area contributed by atoms with Gasteiger partial charge in [0.1, 0.15) is 5.75 Å². The first-order valence-electron chi connectivity index (χ1n) is 4.59. The van der Waals surface area contributed by atoms with E-state index in [2.05, 4.69) is 4.99 Å². The van der Waals surface area contributed by atoms with Crippen molar-refractivity contribution in [1.82, 2.24) is 0 Å². The zero-order valence-corrected chi connectivity index (χ0v) is 8.47. The zero-order valence-electron chi connectivity index (χ0n) is 8.47. The molecule has 0 aliphatic rings. The molecule has 0 aliphatic carbocycles. The number of carboxylic acid groups (broad SMARTS) is 1. The Kier molecular flexibility index (Phi) is 3.85. The Morgan fingerprint density at radius 1 is 1.53 bits per heavy atom. The topological polar surface area (TPSA) is 69.9 Å². The number of carboxylic acids is 1. The summed E-state index contributed by atoms with van der Waals surface area (Å²) in [6, 6.07) is 5.00. The van der Waals surface area contributed by atoms with Gasteiger partial charge in [-0.1, -0.05) is 6.07 Å². The van der Waals surface area contributed by atoms with Gasteiger partial charge < -0.3 is 10.2 Å². The molecule has 0 amide bonds. The molecule has 1 aromatic carbocycles. The van der Waals surface area contributed by atoms with Crippen LogP contribution in [0.2, 0.25) is 0 Å². The number of aromatic hydroxyl groups is 1. The maximum atomic E-state index is 10.4. The third-order valence-electron chi connectivity index (χ3n) is 1.99. The van der Waals surface area contributed by atoms with E-state index in [0.29, 0.717) is 12.0 Å². The second kappa shape index (κ2) is 5.14. The molecule has 0 fully saturated rings. The number of rotatable bonds is 4. The molecule has 4 nitrogen and oxygen atoms in total. The van der Waals surface area contributed by atoms with E-state index in [-0.39, 0.29) is 12.2 Å². The van der Waals surface area contributed by atoms with Gasteiger partial charge in [0.25, 0.3) is 0 Å². The minimum Gasteiger partial charge on any atom is -0.507 e. The Morgan fingerprint density at radius 2 is 2.27 bits per heavy atom. The standard InChI is InChI=1S/C11H13NO3/c1-12-7-9-6-8(2-4-10(9)13)3-5-11(14)15/h2,4,6-7,13H,3,5H2,1H3,(H,14,15). The molecule has 2 N–H and O–H groups in total. The van der Waals surface area contributed by atoms with Crippen molar-refractivity contribution in [2.45, 2.75) is 12.8 Å². The van der Waals surface area contributed by atoms with Gasteiger partial charge in [0.15, 0.2) is 0 Å². The predicted octanol–water partition coefficient (Wildman–Crippen LogP) is 1.46. The lowest BCUT2D eigenvalue weighted by Crippen LogP contribution is -1.98. The van der Waals surface area contributed by atoms with E-state index >= 15 is 0 Å². The van der Waals surface area contributed by atoms with Crippen molar-refractivity contribution in [3.63, 3.8) is 0 Å². The van der Waals surface area contributed by atoms with E-state index in [9.17, 15) is 9.90 Å².